The van der Waals surface area contributed by atoms with Gasteiger partial charge in [-0.1, -0.05) is 12.1 Å². The van der Waals surface area contributed by atoms with E-state index in [0.29, 0.717) is 40.0 Å². The van der Waals surface area contributed by atoms with Crippen LogP contribution in [0.5, 0.6) is 0 Å². The molecule has 31 heavy (non-hydrogen) atoms. The van der Waals surface area contributed by atoms with Crippen LogP contribution in [-0.2, 0) is 4.74 Å². The summed E-state index contributed by atoms with van der Waals surface area (Å²) >= 11 is 0. The molecule has 0 bridgehead atoms. The summed E-state index contributed by atoms with van der Waals surface area (Å²) in [7, 11) is 1.65. The smallest absolute Gasteiger partial charge is 0.276 e. The highest BCUT2D eigenvalue weighted by Gasteiger charge is 2.29. The molecule has 1 aliphatic rings. The van der Waals surface area contributed by atoms with Crippen LogP contribution in [-0.4, -0.2) is 52.1 Å². The van der Waals surface area contributed by atoms with Gasteiger partial charge in [0.1, 0.15) is 0 Å². The number of benzene rings is 2. The average Bonchev–Trinajstić information content (AvgIpc) is 3.37. The van der Waals surface area contributed by atoms with Crippen molar-refractivity contribution < 1.29 is 9.53 Å². The van der Waals surface area contributed by atoms with E-state index in [-0.39, 0.29) is 23.2 Å². The van der Waals surface area contributed by atoms with E-state index in [2.05, 4.69) is 15.0 Å². The zero-order valence-corrected chi connectivity index (χ0v) is 17.1. The van der Waals surface area contributed by atoms with E-state index >= 15 is 0 Å². The van der Waals surface area contributed by atoms with Gasteiger partial charge in [-0.3, -0.25) is 9.59 Å². The molecule has 0 spiro atoms. The third kappa shape index (κ3) is 3.25. The fourth-order valence-corrected chi connectivity index (χ4v) is 4.37. The van der Waals surface area contributed by atoms with E-state index in [0.717, 1.165) is 24.9 Å². The average molecular weight is 417 g/mol. The molecule has 0 aliphatic carbocycles. The van der Waals surface area contributed by atoms with Gasteiger partial charge < -0.3 is 25.3 Å². The summed E-state index contributed by atoms with van der Waals surface area (Å²) in [6.45, 7) is 1.25. The van der Waals surface area contributed by atoms with Crippen LogP contribution in [0.25, 0.3) is 33.3 Å². The largest absolute Gasteiger partial charge is 0.396 e. The first kappa shape index (κ1) is 19.3. The lowest BCUT2D eigenvalue weighted by Crippen LogP contribution is -2.38. The van der Waals surface area contributed by atoms with Crippen LogP contribution in [0.2, 0.25) is 0 Å². The minimum Gasteiger partial charge on any atom is -0.396 e. The van der Waals surface area contributed by atoms with Crippen molar-refractivity contribution in [3.63, 3.8) is 0 Å². The number of fused-ring (bicyclic) bond motifs is 2. The fourth-order valence-electron chi connectivity index (χ4n) is 4.37. The van der Waals surface area contributed by atoms with Crippen LogP contribution >= 0.6 is 0 Å². The van der Waals surface area contributed by atoms with Crippen LogP contribution in [0.3, 0.4) is 0 Å². The highest BCUT2D eigenvalue weighted by molar-refractivity contribution is 6.04. The van der Waals surface area contributed by atoms with Gasteiger partial charge in [-0.2, -0.15) is 0 Å². The van der Waals surface area contributed by atoms with Crippen molar-refractivity contribution in [2.75, 3.05) is 26.0 Å². The Morgan fingerprint density at radius 1 is 1.23 bits per heavy atom. The number of hydrogen-bond acceptors (Lipinski definition) is 5. The molecule has 4 aromatic rings. The Labute approximate surface area is 178 Å². The van der Waals surface area contributed by atoms with E-state index in [1.54, 1.807) is 25.3 Å². The number of nitrogens with one attached hydrogen (secondary N) is 2. The number of amides is 1. The second-order valence-corrected chi connectivity index (χ2v) is 7.86. The van der Waals surface area contributed by atoms with Crippen LogP contribution in [0.1, 0.15) is 23.2 Å². The monoisotopic (exact) mass is 417 g/mol. The van der Waals surface area contributed by atoms with E-state index in [4.69, 9.17) is 10.5 Å². The molecule has 0 unspecified atom stereocenters. The van der Waals surface area contributed by atoms with E-state index in [1.165, 1.54) is 0 Å². The van der Waals surface area contributed by atoms with Gasteiger partial charge in [0.2, 0.25) is 0 Å². The van der Waals surface area contributed by atoms with Crippen molar-refractivity contribution in [1.82, 2.24) is 19.9 Å². The SMILES string of the molecule is COC[C@@H]1CCCN1C(=O)c1ccc2[nH]c(-c3nc4ccccc4[nH]c3=O)c(N)c2c1. The lowest BCUT2D eigenvalue weighted by Gasteiger charge is -2.24. The van der Waals surface area contributed by atoms with Crippen LogP contribution in [0, 0.1) is 0 Å². The second-order valence-electron chi connectivity index (χ2n) is 7.86. The van der Waals surface area contributed by atoms with Crippen molar-refractivity contribution in [3.8, 4) is 11.4 Å². The normalized spacial score (nSPS) is 16.4. The minimum atomic E-state index is -0.326. The zero-order chi connectivity index (χ0) is 21.5. The molecule has 1 aliphatic heterocycles. The number of aromatic amines is 2. The van der Waals surface area contributed by atoms with Crippen molar-refractivity contribution >= 4 is 33.5 Å². The van der Waals surface area contributed by atoms with Crippen molar-refractivity contribution in [1.29, 1.82) is 0 Å². The van der Waals surface area contributed by atoms with Crippen LogP contribution in [0.15, 0.2) is 47.3 Å². The van der Waals surface area contributed by atoms with E-state index < -0.39 is 0 Å². The first-order valence-electron chi connectivity index (χ1n) is 10.3. The number of nitrogen functional groups attached to an aromatic ring is 1. The predicted molar refractivity (Wildman–Crippen MR) is 120 cm³/mol. The zero-order valence-electron chi connectivity index (χ0n) is 17.1. The molecule has 1 atom stereocenters. The Hall–Kier alpha value is -3.65. The Bertz CT molecular complexity index is 1360. The van der Waals surface area contributed by atoms with Gasteiger partial charge in [0.15, 0.2) is 5.69 Å². The quantitative estimate of drug-likeness (QED) is 0.472. The molecule has 8 heteroatoms. The van der Waals surface area contributed by atoms with Gasteiger partial charge in [0.05, 0.1) is 35.1 Å². The van der Waals surface area contributed by atoms with Crippen molar-refractivity contribution in [3.05, 3.63) is 58.4 Å². The number of ether oxygens (including phenoxy) is 1. The Kier molecular flexibility index (Phi) is 4.71. The minimum absolute atomic E-state index is 0.0368. The van der Waals surface area contributed by atoms with Gasteiger partial charge in [0.25, 0.3) is 11.5 Å². The van der Waals surface area contributed by atoms with E-state index in [1.807, 2.05) is 29.2 Å². The number of rotatable bonds is 4. The van der Waals surface area contributed by atoms with Gasteiger partial charge in [0, 0.05) is 30.1 Å². The molecule has 2 aromatic heterocycles. The number of methoxy groups -OCH3 is 1. The number of carbonyl (C=O) groups excluding carboxylic acids is 1. The summed E-state index contributed by atoms with van der Waals surface area (Å²) in [5.74, 6) is -0.0368. The third-order valence-corrected chi connectivity index (χ3v) is 5.92. The van der Waals surface area contributed by atoms with Gasteiger partial charge in [-0.25, -0.2) is 4.98 Å². The summed E-state index contributed by atoms with van der Waals surface area (Å²) < 4.78 is 5.27. The highest BCUT2D eigenvalue weighted by Crippen LogP contribution is 2.32. The van der Waals surface area contributed by atoms with Crippen LogP contribution in [0.4, 0.5) is 5.69 Å². The maximum atomic E-state index is 13.1. The summed E-state index contributed by atoms with van der Waals surface area (Å²) in [5.41, 5.74) is 9.79. The molecule has 3 heterocycles. The number of anilines is 1. The molecule has 2 aromatic carbocycles. The molecule has 8 nitrogen and oxygen atoms in total. The first-order chi connectivity index (χ1) is 15.1. The number of likely N-dealkylation sites (tertiary alicyclic amines) is 1. The number of H-pyrrole nitrogens is 2. The molecule has 158 valence electrons. The number of nitrogens with two attached hydrogens (primary N) is 1. The predicted octanol–water partition coefficient (Wildman–Crippen LogP) is 2.90. The second kappa shape index (κ2) is 7.55. The first-order valence-corrected chi connectivity index (χ1v) is 10.3. The number of para-hydroxylation sites is 2. The van der Waals surface area contributed by atoms with Crippen molar-refractivity contribution in [2.24, 2.45) is 0 Å². The maximum absolute atomic E-state index is 13.1. The Morgan fingerprint density at radius 3 is 2.90 bits per heavy atom. The number of nitrogens with zero attached hydrogens (tertiary/aromatic N) is 2. The molecular formula is C23H23N5O3. The molecule has 1 fully saturated rings. The van der Waals surface area contributed by atoms with Crippen LogP contribution < -0.4 is 11.3 Å². The lowest BCUT2D eigenvalue weighted by molar-refractivity contribution is 0.0631. The summed E-state index contributed by atoms with van der Waals surface area (Å²) in [5, 5.41) is 0.692. The Morgan fingerprint density at radius 2 is 2.06 bits per heavy atom. The summed E-state index contributed by atoms with van der Waals surface area (Å²) in [6, 6.07) is 12.8. The van der Waals surface area contributed by atoms with Gasteiger partial charge >= 0.3 is 0 Å². The molecule has 0 radical (unpaired) electrons. The Balaban J connectivity index is 1.56. The summed E-state index contributed by atoms with van der Waals surface area (Å²) in [6.07, 6.45) is 1.91. The molecular weight excluding hydrogens is 394 g/mol. The number of hydrogen-bond donors (Lipinski definition) is 3. The highest BCUT2D eigenvalue weighted by atomic mass is 16.5. The molecule has 5 rings (SSSR count). The molecule has 4 N–H and O–H groups in total. The standard InChI is InChI=1S/C23H23N5O3/c1-31-12-14-5-4-10-28(14)23(30)13-8-9-16-15(11-13)19(24)20(25-16)21-22(29)27-18-7-3-2-6-17(18)26-21/h2-3,6-9,11,14,25H,4-5,10,12,24H2,1H3,(H,27,29)/t14-/m0/s1. The maximum Gasteiger partial charge on any atom is 0.276 e. The fraction of sp³-hybridized carbons (Fsp3) is 0.261. The summed E-state index contributed by atoms with van der Waals surface area (Å²) in [4.78, 5) is 38.2. The van der Waals surface area contributed by atoms with Gasteiger partial charge in [-0.15, -0.1) is 0 Å². The topological polar surface area (TPSA) is 117 Å². The third-order valence-electron chi connectivity index (χ3n) is 5.92. The molecule has 1 amide bonds. The molecule has 0 saturated carbocycles. The van der Waals surface area contributed by atoms with E-state index in [9.17, 15) is 9.59 Å². The van der Waals surface area contributed by atoms with Gasteiger partial charge in [-0.05, 0) is 43.2 Å². The number of aromatic nitrogens is 3. The number of carbonyl (C=O) groups is 1. The molecule has 1 saturated heterocycles. The van der Waals surface area contributed by atoms with Crippen molar-refractivity contribution in [2.45, 2.75) is 18.9 Å². The lowest BCUT2D eigenvalue weighted by atomic mass is 10.1.